The molecule has 2 heterocycles. The zero-order valence-corrected chi connectivity index (χ0v) is 9.05. The highest BCUT2D eigenvalue weighted by Crippen LogP contribution is 2.44. The Morgan fingerprint density at radius 3 is 2.69 bits per heavy atom. The van der Waals surface area contributed by atoms with Crippen LogP contribution in [0.15, 0.2) is 0 Å². The first kappa shape index (κ1) is 10.5. The third-order valence-electron chi connectivity index (χ3n) is 3.65. The van der Waals surface area contributed by atoms with Gasteiger partial charge in [-0.15, -0.1) is 0 Å². The summed E-state index contributed by atoms with van der Waals surface area (Å²) in [5, 5.41) is 9.10. The average Bonchev–Trinajstić information content (AvgIpc) is 2.78. The summed E-state index contributed by atoms with van der Waals surface area (Å²) in [5.74, 6) is -0.980. The predicted molar refractivity (Wildman–Crippen MR) is 52.5 cm³/mol. The Kier molecular flexibility index (Phi) is 2.42. The van der Waals surface area contributed by atoms with Gasteiger partial charge in [-0.25, -0.2) is 4.79 Å². The van der Waals surface area contributed by atoms with Crippen LogP contribution in [0.5, 0.6) is 0 Å². The topological polar surface area (TPSA) is 65.0 Å². The lowest BCUT2D eigenvalue weighted by Gasteiger charge is -2.32. The lowest BCUT2D eigenvalue weighted by atomic mass is 9.94. The largest absolute Gasteiger partial charge is 0.455 e. The predicted octanol–water partition coefficient (Wildman–Crippen LogP) is 0.348. The maximum atomic E-state index is 11.5. The fraction of sp³-hybridized carbons (Fsp3) is 0.909. The van der Waals surface area contributed by atoms with E-state index < -0.39 is 30.1 Å². The van der Waals surface area contributed by atoms with Crippen molar-refractivity contribution in [2.24, 2.45) is 0 Å². The summed E-state index contributed by atoms with van der Waals surface area (Å²) >= 11 is 0. The summed E-state index contributed by atoms with van der Waals surface area (Å²) < 4.78 is 16.6. The molecule has 0 aromatic heterocycles. The van der Waals surface area contributed by atoms with Gasteiger partial charge in [-0.2, -0.15) is 0 Å². The molecule has 3 rings (SSSR count). The Labute approximate surface area is 93.7 Å². The van der Waals surface area contributed by atoms with E-state index in [0.29, 0.717) is 0 Å². The summed E-state index contributed by atoms with van der Waals surface area (Å²) in [4.78, 5) is 11.5. The van der Waals surface area contributed by atoms with E-state index >= 15 is 0 Å². The molecule has 2 saturated heterocycles. The van der Waals surface area contributed by atoms with Gasteiger partial charge in [0.05, 0.1) is 6.61 Å². The average molecular weight is 228 g/mol. The second kappa shape index (κ2) is 3.68. The van der Waals surface area contributed by atoms with Crippen molar-refractivity contribution in [1.82, 2.24) is 0 Å². The summed E-state index contributed by atoms with van der Waals surface area (Å²) in [7, 11) is 0. The lowest BCUT2D eigenvalue weighted by molar-refractivity contribution is -0.217. The summed E-state index contributed by atoms with van der Waals surface area (Å²) in [6.07, 6.45) is 3.40. The molecule has 16 heavy (non-hydrogen) atoms. The fourth-order valence-corrected chi connectivity index (χ4v) is 2.84. The molecule has 5 heteroatoms. The Hall–Kier alpha value is -0.650. The van der Waals surface area contributed by atoms with Crippen molar-refractivity contribution < 1.29 is 24.1 Å². The number of aliphatic hydroxyl groups is 1. The Morgan fingerprint density at radius 2 is 2.00 bits per heavy atom. The molecule has 3 fully saturated rings. The highest BCUT2D eigenvalue weighted by molar-refractivity contribution is 5.78. The number of aliphatic hydroxyl groups excluding tert-OH is 1. The van der Waals surface area contributed by atoms with Gasteiger partial charge >= 0.3 is 5.97 Å². The Balaban J connectivity index is 1.78. The van der Waals surface area contributed by atoms with E-state index in [-0.39, 0.29) is 6.61 Å². The van der Waals surface area contributed by atoms with Crippen LogP contribution in [-0.2, 0) is 19.0 Å². The summed E-state index contributed by atoms with van der Waals surface area (Å²) in [5.41, 5.74) is 0. The van der Waals surface area contributed by atoms with Gasteiger partial charge in [-0.05, 0) is 12.8 Å². The van der Waals surface area contributed by atoms with Crippen LogP contribution in [-0.4, -0.2) is 41.8 Å². The van der Waals surface area contributed by atoms with E-state index in [9.17, 15) is 4.79 Å². The number of esters is 1. The van der Waals surface area contributed by atoms with E-state index in [4.69, 9.17) is 19.3 Å². The molecule has 2 aliphatic heterocycles. The molecular formula is C11H16O5. The van der Waals surface area contributed by atoms with Crippen molar-refractivity contribution in [1.29, 1.82) is 0 Å². The molecule has 0 radical (unpaired) electrons. The van der Waals surface area contributed by atoms with Crippen molar-refractivity contribution in [2.75, 3.05) is 6.61 Å². The third-order valence-corrected chi connectivity index (χ3v) is 3.65. The minimum atomic E-state index is -0.629. The van der Waals surface area contributed by atoms with Crippen LogP contribution in [0.25, 0.3) is 0 Å². The number of hydrogen-bond donors (Lipinski definition) is 1. The van der Waals surface area contributed by atoms with Crippen LogP contribution < -0.4 is 0 Å². The molecule has 3 atom stereocenters. The lowest BCUT2D eigenvalue weighted by Crippen LogP contribution is -2.37. The van der Waals surface area contributed by atoms with Crippen LogP contribution >= 0.6 is 0 Å². The van der Waals surface area contributed by atoms with E-state index in [1.807, 2.05) is 0 Å². The first-order valence-electron chi connectivity index (χ1n) is 5.91. The molecule has 90 valence electrons. The number of carbonyl (C=O) groups is 1. The van der Waals surface area contributed by atoms with Gasteiger partial charge in [0.15, 0.2) is 18.0 Å². The number of carbonyl (C=O) groups excluding carboxylic acids is 1. The fourth-order valence-electron chi connectivity index (χ4n) is 2.84. The number of rotatable bonds is 1. The van der Waals surface area contributed by atoms with Crippen LogP contribution in [0.2, 0.25) is 0 Å². The first-order chi connectivity index (χ1) is 7.74. The monoisotopic (exact) mass is 228 g/mol. The van der Waals surface area contributed by atoms with Crippen LogP contribution in [0.4, 0.5) is 0 Å². The first-order valence-corrected chi connectivity index (χ1v) is 5.91. The Bertz CT molecular complexity index is 297. The van der Waals surface area contributed by atoms with Crippen molar-refractivity contribution in [2.45, 2.75) is 56.2 Å². The van der Waals surface area contributed by atoms with Crippen LogP contribution in [0.3, 0.4) is 0 Å². The van der Waals surface area contributed by atoms with E-state index in [1.54, 1.807) is 0 Å². The SMILES string of the molecule is O=C1O[C@H](CO)[C@H]2OC3(CCCCC3)O[C@H]12. The number of cyclic esters (lactones) is 1. The van der Waals surface area contributed by atoms with Crippen molar-refractivity contribution in [3.63, 3.8) is 0 Å². The summed E-state index contributed by atoms with van der Waals surface area (Å²) in [6, 6.07) is 0. The molecule has 0 bridgehead atoms. The van der Waals surface area contributed by atoms with Gasteiger partial charge in [0.25, 0.3) is 0 Å². The highest BCUT2D eigenvalue weighted by atomic mass is 16.8. The zero-order chi connectivity index (χ0) is 11.2. The minimum absolute atomic E-state index is 0.202. The molecule has 1 saturated carbocycles. The van der Waals surface area contributed by atoms with Crippen molar-refractivity contribution in [3.8, 4) is 0 Å². The van der Waals surface area contributed by atoms with Crippen LogP contribution in [0.1, 0.15) is 32.1 Å². The maximum absolute atomic E-state index is 11.5. The van der Waals surface area contributed by atoms with Gasteiger partial charge in [0.2, 0.25) is 0 Å². The molecule has 0 amide bonds. The smallest absolute Gasteiger partial charge is 0.338 e. The molecule has 1 spiro atoms. The Morgan fingerprint density at radius 1 is 1.25 bits per heavy atom. The summed E-state index contributed by atoms with van der Waals surface area (Å²) in [6.45, 7) is -0.202. The maximum Gasteiger partial charge on any atom is 0.338 e. The minimum Gasteiger partial charge on any atom is -0.455 e. The van der Waals surface area contributed by atoms with Crippen molar-refractivity contribution in [3.05, 3.63) is 0 Å². The van der Waals surface area contributed by atoms with E-state index in [1.165, 1.54) is 6.42 Å². The molecule has 1 N–H and O–H groups in total. The molecule has 0 unspecified atom stereocenters. The molecule has 1 aliphatic carbocycles. The van der Waals surface area contributed by atoms with Gasteiger partial charge in [-0.3, -0.25) is 0 Å². The quantitative estimate of drug-likeness (QED) is 0.656. The second-order valence-corrected chi connectivity index (χ2v) is 4.75. The number of fused-ring (bicyclic) bond motifs is 1. The van der Waals surface area contributed by atoms with Crippen LogP contribution in [0, 0.1) is 0 Å². The number of ether oxygens (including phenoxy) is 3. The van der Waals surface area contributed by atoms with Gasteiger partial charge in [0, 0.05) is 12.8 Å². The third kappa shape index (κ3) is 1.46. The molecule has 3 aliphatic rings. The number of hydrogen-bond acceptors (Lipinski definition) is 5. The van der Waals surface area contributed by atoms with E-state index in [2.05, 4.69) is 0 Å². The van der Waals surface area contributed by atoms with E-state index in [0.717, 1.165) is 25.7 Å². The van der Waals surface area contributed by atoms with Gasteiger partial charge < -0.3 is 19.3 Å². The highest BCUT2D eigenvalue weighted by Gasteiger charge is 2.58. The second-order valence-electron chi connectivity index (χ2n) is 4.75. The van der Waals surface area contributed by atoms with Gasteiger partial charge in [0.1, 0.15) is 6.10 Å². The molecule has 5 nitrogen and oxygen atoms in total. The normalized spacial score (nSPS) is 41.1. The van der Waals surface area contributed by atoms with Gasteiger partial charge in [-0.1, -0.05) is 6.42 Å². The zero-order valence-electron chi connectivity index (χ0n) is 9.05. The van der Waals surface area contributed by atoms with Crippen molar-refractivity contribution >= 4 is 5.97 Å². The molecule has 0 aromatic carbocycles. The molecule has 0 aromatic rings. The molecular weight excluding hydrogens is 212 g/mol. The standard InChI is InChI=1S/C11H16O5/c12-6-7-8-9(10(13)14-7)16-11(15-8)4-2-1-3-5-11/h7-9,12H,1-6H2/t7-,8-,9+/m1/s1.